The van der Waals surface area contributed by atoms with E-state index in [9.17, 15) is 0 Å². The molecule has 0 aliphatic carbocycles. The molecule has 0 spiro atoms. The molecule has 1 fully saturated rings. The number of rotatable bonds is 5. The molecular weight excluding hydrogens is 318 g/mol. The molecule has 0 radical (unpaired) electrons. The maximum absolute atomic E-state index is 5.96. The van der Waals surface area contributed by atoms with Gasteiger partial charge in [0.2, 0.25) is 0 Å². The Morgan fingerprint density at radius 2 is 2.04 bits per heavy atom. The summed E-state index contributed by atoms with van der Waals surface area (Å²) < 4.78 is 16.0. The maximum Gasteiger partial charge on any atom is 0.135 e. The van der Waals surface area contributed by atoms with Gasteiger partial charge in [-0.25, -0.2) is 4.63 Å². The number of nitrogens with zero attached hydrogens (tertiary/aromatic N) is 3. The molecule has 2 aromatic carbocycles. The second-order valence-electron chi connectivity index (χ2n) is 6.37. The summed E-state index contributed by atoms with van der Waals surface area (Å²) in [5.74, 6) is 0.889. The minimum atomic E-state index is 0.193. The van der Waals surface area contributed by atoms with Crippen molar-refractivity contribution in [2.75, 3.05) is 26.8 Å². The van der Waals surface area contributed by atoms with Crippen LogP contribution in [0.5, 0.6) is 5.75 Å². The van der Waals surface area contributed by atoms with E-state index in [1.165, 1.54) is 11.1 Å². The van der Waals surface area contributed by atoms with Crippen molar-refractivity contribution in [1.82, 2.24) is 15.2 Å². The van der Waals surface area contributed by atoms with E-state index in [4.69, 9.17) is 14.1 Å². The zero-order valence-electron chi connectivity index (χ0n) is 14.2. The quantitative estimate of drug-likeness (QED) is 0.712. The highest BCUT2D eigenvalue weighted by Gasteiger charge is 2.21. The SMILES string of the molecule is COc1cccc(C[C@@H]2CN(Cc3ccc4nonc4c3)CCO2)c1. The van der Waals surface area contributed by atoms with Crippen LogP contribution in [0, 0.1) is 0 Å². The fourth-order valence-electron chi connectivity index (χ4n) is 3.29. The smallest absolute Gasteiger partial charge is 0.135 e. The predicted molar refractivity (Wildman–Crippen MR) is 93.5 cm³/mol. The van der Waals surface area contributed by atoms with Crippen LogP contribution in [0.3, 0.4) is 0 Å². The first-order valence-electron chi connectivity index (χ1n) is 8.48. The molecule has 6 nitrogen and oxygen atoms in total. The topological polar surface area (TPSA) is 60.6 Å². The second kappa shape index (κ2) is 7.21. The van der Waals surface area contributed by atoms with Crippen LogP contribution in [-0.4, -0.2) is 48.1 Å². The molecule has 0 bridgehead atoms. The van der Waals surface area contributed by atoms with Gasteiger partial charge in [0.15, 0.2) is 0 Å². The van der Waals surface area contributed by atoms with Gasteiger partial charge in [-0.1, -0.05) is 18.2 Å². The third kappa shape index (κ3) is 3.81. The van der Waals surface area contributed by atoms with Gasteiger partial charge in [0.05, 0.1) is 19.8 Å². The van der Waals surface area contributed by atoms with Gasteiger partial charge in [-0.2, -0.15) is 0 Å². The van der Waals surface area contributed by atoms with Crippen molar-refractivity contribution < 1.29 is 14.1 Å². The molecule has 0 N–H and O–H groups in total. The Hall–Kier alpha value is -2.44. The number of ether oxygens (including phenoxy) is 2. The summed E-state index contributed by atoms with van der Waals surface area (Å²) in [7, 11) is 1.69. The van der Waals surface area contributed by atoms with Crippen LogP contribution in [0.25, 0.3) is 11.0 Å². The van der Waals surface area contributed by atoms with Gasteiger partial charge in [-0.15, -0.1) is 0 Å². The minimum absolute atomic E-state index is 0.193. The normalized spacial score (nSPS) is 18.5. The van der Waals surface area contributed by atoms with Gasteiger partial charge in [-0.05, 0) is 45.7 Å². The predicted octanol–water partition coefficient (Wildman–Crippen LogP) is 2.67. The Labute approximate surface area is 146 Å². The Morgan fingerprint density at radius 1 is 1.12 bits per heavy atom. The molecule has 0 saturated carbocycles. The lowest BCUT2D eigenvalue weighted by atomic mass is 10.1. The summed E-state index contributed by atoms with van der Waals surface area (Å²) in [5, 5.41) is 7.77. The summed E-state index contributed by atoms with van der Waals surface area (Å²) in [4.78, 5) is 2.42. The van der Waals surface area contributed by atoms with E-state index in [1.807, 2.05) is 24.3 Å². The molecule has 2 heterocycles. The van der Waals surface area contributed by atoms with Crippen molar-refractivity contribution in [3.63, 3.8) is 0 Å². The van der Waals surface area contributed by atoms with Gasteiger partial charge < -0.3 is 9.47 Å². The number of hydrogen-bond acceptors (Lipinski definition) is 6. The van der Waals surface area contributed by atoms with Gasteiger partial charge in [0.25, 0.3) is 0 Å². The Morgan fingerprint density at radius 3 is 2.96 bits per heavy atom. The number of methoxy groups -OCH3 is 1. The molecule has 1 saturated heterocycles. The van der Waals surface area contributed by atoms with Crippen LogP contribution in [0.2, 0.25) is 0 Å². The van der Waals surface area contributed by atoms with E-state index >= 15 is 0 Å². The fraction of sp³-hybridized carbons (Fsp3) is 0.368. The number of morpholine rings is 1. The second-order valence-corrected chi connectivity index (χ2v) is 6.37. The lowest BCUT2D eigenvalue weighted by Crippen LogP contribution is -2.42. The fourth-order valence-corrected chi connectivity index (χ4v) is 3.29. The van der Waals surface area contributed by atoms with Crippen LogP contribution in [-0.2, 0) is 17.7 Å². The Bertz CT molecular complexity index is 849. The van der Waals surface area contributed by atoms with Gasteiger partial charge >= 0.3 is 0 Å². The molecule has 3 aromatic rings. The summed E-state index contributed by atoms with van der Waals surface area (Å²) in [6, 6.07) is 14.3. The average Bonchev–Trinajstić information content (AvgIpc) is 3.10. The molecule has 1 aromatic heterocycles. The van der Waals surface area contributed by atoms with E-state index in [1.54, 1.807) is 7.11 Å². The monoisotopic (exact) mass is 339 g/mol. The van der Waals surface area contributed by atoms with E-state index < -0.39 is 0 Å². The summed E-state index contributed by atoms with van der Waals surface area (Å²) in [5.41, 5.74) is 4.05. The first kappa shape index (κ1) is 16.1. The van der Waals surface area contributed by atoms with Crippen molar-refractivity contribution in [2.45, 2.75) is 19.1 Å². The molecule has 25 heavy (non-hydrogen) atoms. The Kier molecular flexibility index (Phi) is 4.63. The molecule has 1 atom stereocenters. The lowest BCUT2D eigenvalue weighted by Gasteiger charge is -2.33. The van der Waals surface area contributed by atoms with Crippen molar-refractivity contribution in [3.05, 3.63) is 53.6 Å². The number of fused-ring (bicyclic) bond motifs is 1. The van der Waals surface area contributed by atoms with Crippen LogP contribution in [0.15, 0.2) is 47.1 Å². The van der Waals surface area contributed by atoms with Crippen LogP contribution >= 0.6 is 0 Å². The van der Waals surface area contributed by atoms with Crippen LogP contribution < -0.4 is 4.74 Å². The van der Waals surface area contributed by atoms with Gasteiger partial charge in [0, 0.05) is 26.1 Å². The summed E-state index contributed by atoms with van der Waals surface area (Å²) in [6.45, 7) is 3.47. The van der Waals surface area contributed by atoms with Crippen molar-refractivity contribution in [1.29, 1.82) is 0 Å². The van der Waals surface area contributed by atoms with E-state index in [2.05, 4.69) is 33.4 Å². The third-order valence-electron chi connectivity index (χ3n) is 4.54. The summed E-state index contributed by atoms with van der Waals surface area (Å²) >= 11 is 0. The lowest BCUT2D eigenvalue weighted by molar-refractivity contribution is -0.0304. The number of aromatic nitrogens is 2. The zero-order valence-corrected chi connectivity index (χ0v) is 14.2. The molecule has 130 valence electrons. The molecular formula is C19H21N3O3. The Balaban J connectivity index is 1.40. The van der Waals surface area contributed by atoms with E-state index in [0.717, 1.165) is 49.4 Å². The molecule has 4 rings (SSSR count). The van der Waals surface area contributed by atoms with Crippen LogP contribution in [0.4, 0.5) is 0 Å². The first-order chi connectivity index (χ1) is 12.3. The molecule has 1 aliphatic rings. The van der Waals surface area contributed by atoms with Crippen molar-refractivity contribution in [3.8, 4) is 5.75 Å². The molecule has 0 unspecified atom stereocenters. The first-order valence-corrected chi connectivity index (χ1v) is 8.48. The largest absolute Gasteiger partial charge is 0.497 e. The van der Waals surface area contributed by atoms with E-state index in [0.29, 0.717) is 0 Å². The van der Waals surface area contributed by atoms with Gasteiger partial charge in [-0.3, -0.25) is 4.90 Å². The zero-order chi connectivity index (χ0) is 17.1. The average molecular weight is 339 g/mol. The van der Waals surface area contributed by atoms with Gasteiger partial charge in [0.1, 0.15) is 16.8 Å². The minimum Gasteiger partial charge on any atom is -0.497 e. The standard InChI is InChI=1S/C19H21N3O3/c1-23-16-4-2-3-14(9-16)10-17-13-22(7-8-24-17)12-15-5-6-18-19(11-15)21-25-20-18/h2-6,9,11,17H,7-8,10,12-13H2,1H3/t17-/m1/s1. The molecule has 6 heteroatoms. The third-order valence-corrected chi connectivity index (χ3v) is 4.54. The maximum atomic E-state index is 5.96. The highest BCUT2D eigenvalue weighted by atomic mass is 16.6. The number of hydrogen-bond donors (Lipinski definition) is 0. The molecule has 1 aliphatic heterocycles. The van der Waals surface area contributed by atoms with Crippen LogP contribution in [0.1, 0.15) is 11.1 Å². The molecule has 0 amide bonds. The van der Waals surface area contributed by atoms with Crippen molar-refractivity contribution in [2.24, 2.45) is 0 Å². The van der Waals surface area contributed by atoms with E-state index in [-0.39, 0.29) is 6.10 Å². The highest BCUT2D eigenvalue weighted by molar-refractivity contribution is 5.73. The summed E-state index contributed by atoms with van der Waals surface area (Å²) in [6.07, 6.45) is 1.08. The highest BCUT2D eigenvalue weighted by Crippen LogP contribution is 2.19. The number of benzene rings is 2. The van der Waals surface area contributed by atoms with Crippen molar-refractivity contribution >= 4 is 11.0 Å².